The molecule has 4 heteroatoms. The summed E-state index contributed by atoms with van der Waals surface area (Å²) >= 11 is 0. The molecule has 0 aliphatic carbocycles. The molecule has 0 saturated heterocycles. The Morgan fingerprint density at radius 1 is 0.846 bits per heavy atom. The molecule has 26 heavy (non-hydrogen) atoms. The average Bonchev–Trinajstić information content (AvgIpc) is 2.58. The number of allylic oxidation sites excluding steroid dienone is 6. The molecule has 0 bridgehead atoms. The van der Waals surface area contributed by atoms with Gasteiger partial charge in [0.2, 0.25) is 0 Å². The van der Waals surface area contributed by atoms with E-state index in [1.165, 1.54) is 19.8 Å². The van der Waals surface area contributed by atoms with Crippen LogP contribution < -0.4 is 0 Å². The van der Waals surface area contributed by atoms with Crippen molar-refractivity contribution in [2.24, 2.45) is 0 Å². The number of rotatable bonds is 14. The third-order valence-corrected chi connectivity index (χ3v) is 3.59. The molecule has 0 aromatic rings. The van der Waals surface area contributed by atoms with E-state index >= 15 is 0 Å². The Labute approximate surface area is 172 Å². The van der Waals surface area contributed by atoms with E-state index in [4.69, 9.17) is 0 Å². The monoisotopic (exact) mass is 410 g/mol. The van der Waals surface area contributed by atoms with E-state index in [1.54, 1.807) is 0 Å². The quantitative estimate of drug-likeness (QED) is 0.0850. The molecule has 0 aromatic carbocycles. The van der Waals surface area contributed by atoms with Crippen LogP contribution in [0.4, 0.5) is 0 Å². The Bertz CT molecular complexity index is 476. The van der Waals surface area contributed by atoms with E-state index in [0.717, 1.165) is 44.9 Å². The van der Waals surface area contributed by atoms with E-state index in [-0.39, 0.29) is 25.1 Å². The van der Waals surface area contributed by atoms with Crippen molar-refractivity contribution in [1.29, 1.82) is 0 Å². The van der Waals surface area contributed by atoms with Crippen LogP contribution in [0.5, 0.6) is 0 Å². The molecule has 0 aliphatic heterocycles. The first-order valence-corrected chi connectivity index (χ1v) is 9.43. The molecule has 0 spiro atoms. The maximum atomic E-state index is 11.4. The molecule has 142 valence electrons. The Hall–Kier alpha value is -1.28. The summed E-state index contributed by atoms with van der Waals surface area (Å²) in [5, 5.41) is 0. The first-order valence-electron chi connectivity index (χ1n) is 9.43. The molecule has 0 rings (SSSR count). The SMILES string of the molecule is C=C(C)C(=O)OC(=O)CCCCCCC/C=C\C/C=C\C/C=C\CC.[Zn]. The fourth-order valence-electron chi connectivity index (χ4n) is 2.13. The smallest absolute Gasteiger partial charge is 0.340 e. The summed E-state index contributed by atoms with van der Waals surface area (Å²) in [6.45, 7) is 7.12. The van der Waals surface area contributed by atoms with Crippen molar-refractivity contribution in [3.05, 3.63) is 48.6 Å². The van der Waals surface area contributed by atoms with Crippen molar-refractivity contribution >= 4 is 11.9 Å². The minimum Gasteiger partial charge on any atom is -0.390 e. The van der Waals surface area contributed by atoms with Gasteiger partial charge in [-0.05, 0) is 45.4 Å². The van der Waals surface area contributed by atoms with Crippen molar-refractivity contribution in [1.82, 2.24) is 0 Å². The van der Waals surface area contributed by atoms with Crippen LogP contribution in [0.2, 0.25) is 0 Å². The molecule has 0 N–H and O–H groups in total. The van der Waals surface area contributed by atoms with E-state index < -0.39 is 11.9 Å². The minimum absolute atomic E-state index is 0. The fourth-order valence-corrected chi connectivity index (χ4v) is 2.13. The summed E-state index contributed by atoms with van der Waals surface area (Å²) in [6, 6.07) is 0. The second kappa shape index (κ2) is 20.0. The van der Waals surface area contributed by atoms with Gasteiger partial charge in [0.1, 0.15) is 0 Å². The minimum atomic E-state index is -0.621. The molecular formula is C22H34O3Zn. The van der Waals surface area contributed by atoms with E-state index in [9.17, 15) is 9.59 Å². The van der Waals surface area contributed by atoms with Crippen LogP contribution in [0.3, 0.4) is 0 Å². The van der Waals surface area contributed by atoms with Gasteiger partial charge in [-0.1, -0.05) is 69.2 Å². The molecule has 0 radical (unpaired) electrons. The van der Waals surface area contributed by atoms with Crippen LogP contribution in [0.1, 0.15) is 78.1 Å². The summed E-state index contributed by atoms with van der Waals surface area (Å²) in [6.07, 6.45) is 23.0. The zero-order chi connectivity index (χ0) is 18.8. The van der Waals surface area contributed by atoms with Crippen molar-refractivity contribution in [3.63, 3.8) is 0 Å². The van der Waals surface area contributed by atoms with Gasteiger partial charge in [0, 0.05) is 31.5 Å². The summed E-state index contributed by atoms with van der Waals surface area (Å²) in [7, 11) is 0. The molecular weight excluding hydrogens is 378 g/mol. The molecule has 0 atom stereocenters. The van der Waals surface area contributed by atoms with Gasteiger partial charge < -0.3 is 4.74 Å². The Balaban J connectivity index is 0. The van der Waals surface area contributed by atoms with Gasteiger partial charge >= 0.3 is 11.9 Å². The molecule has 0 saturated carbocycles. The zero-order valence-electron chi connectivity index (χ0n) is 16.7. The summed E-state index contributed by atoms with van der Waals surface area (Å²) in [4.78, 5) is 22.5. The van der Waals surface area contributed by atoms with Gasteiger partial charge in [-0.15, -0.1) is 0 Å². The molecule has 0 heterocycles. The number of carbonyl (C=O) groups excluding carboxylic acids is 2. The standard InChI is InChI=1S/C22H34O3.Zn/c1-4-5-6-7-8-9-10-11-12-13-14-15-16-17-18-19-21(23)25-22(24)20(2)3;/h5-6,8-9,11-12H,2,4,7,10,13-19H2,1,3H3;/b6-5-,9-8-,12-11-;. The number of esters is 2. The first kappa shape index (κ1) is 26.9. The number of unbranched alkanes of at least 4 members (excludes halogenated alkanes) is 5. The van der Waals surface area contributed by atoms with Crippen molar-refractivity contribution in [2.75, 3.05) is 0 Å². The van der Waals surface area contributed by atoms with E-state index in [0.29, 0.717) is 6.42 Å². The van der Waals surface area contributed by atoms with Gasteiger partial charge in [-0.2, -0.15) is 0 Å². The van der Waals surface area contributed by atoms with Gasteiger partial charge in [0.05, 0.1) is 0 Å². The van der Waals surface area contributed by atoms with Crippen LogP contribution in [-0.4, -0.2) is 11.9 Å². The molecule has 3 nitrogen and oxygen atoms in total. The third kappa shape index (κ3) is 19.1. The molecule has 0 aromatic heterocycles. The van der Waals surface area contributed by atoms with Crippen LogP contribution in [0.25, 0.3) is 0 Å². The number of ether oxygens (including phenoxy) is 1. The van der Waals surface area contributed by atoms with Gasteiger partial charge in [0.25, 0.3) is 0 Å². The predicted octanol–water partition coefficient (Wildman–Crippen LogP) is 6.22. The molecule has 0 fully saturated rings. The number of hydrogen-bond donors (Lipinski definition) is 0. The molecule has 0 amide bonds. The molecule has 0 aliphatic rings. The Morgan fingerprint density at radius 2 is 1.38 bits per heavy atom. The maximum absolute atomic E-state index is 11.4. The number of hydrogen-bond acceptors (Lipinski definition) is 3. The van der Waals surface area contributed by atoms with Gasteiger partial charge in [-0.25, -0.2) is 4.79 Å². The first-order chi connectivity index (χ1) is 12.1. The largest absolute Gasteiger partial charge is 0.390 e. The van der Waals surface area contributed by atoms with Gasteiger partial charge in [-0.3, -0.25) is 4.79 Å². The zero-order valence-corrected chi connectivity index (χ0v) is 19.6. The van der Waals surface area contributed by atoms with E-state index in [1.807, 2.05) is 0 Å². The fraction of sp³-hybridized carbons (Fsp3) is 0.545. The van der Waals surface area contributed by atoms with E-state index in [2.05, 4.69) is 54.7 Å². The van der Waals surface area contributed by atoms with Crippen LogP contribution in [0.15, 0.2) is 48.6 Å². The topological polar surface area (TPSA) is 43.4 Å². The van der Waals surface area contributed by atoms with Crippen LogP contribution in [-0.2, 0) is 33.8 Å². The second-order valence-corrected chi connectivity index (χ2v) is 6.14. The Morgan fingerprint density at radius 3 is 2.00 bits per heavy atom. The summed E-state index contributed by atoms with van der Waals surface area (Å²) in [5.41, 5.74) is 0.255. The van der Waals surface area contributed by atoms with Crippen molar-refractivity contribution in [3.8, 4) is 0 Å². The van der Waals surface area contributed by atoms with Crippen molar-refractivity contribution in [2.45, 2.75) is 78.1 Å². The third-order valence-electron chi connectivity index (χ3n) is 3.59. The normalized spacial score (nSPS) is 11.2. The second-order valence-electron chi connectivity index (χ2n) is 6.14. The summed E-state index contributed by atoms with van der Waals surface area (Å²) in [5.74, 6) is -1.07. The maximum Gasteiger partial charge on any atom is 0.340 e. The van der Waals surface area contributed by atoms with Crippen LogP contribution >= 0.6 is 0 Å². The number of carbonyl (C=O) groups is 2. The van der Waals surface area contributed by atoms with Crippen molar-refractivity contribution < 1.29 is 33.8 Å². The summed E-state index contributed by atoms with van der Waals surface area (Å²) < 4.78 is 4.64. The Kier molecular flexibility index (Phi) is 20.8. The van der Waals surface area contributed by atoms with Gasteiger partial charge in [0.15, 0.2) is 0 Å². The predicted molar refractivity (Wildman–Crippen MR) is 105 cm³/mol. The molecule has 0 unspecified atom stereocenters. The average molecular weight is 412 g/mol. The van der Waals surface area contributed by atoms with Crippen LogP contribution in [0, 0.1) is 0 Å².